The highest BCUT2D eigenvalue weighted by Gasteiger charge is 2.38. The molecule has 0 aliphatic heterocycles. The van der Waals surface area contributed by atoms with E-state index in [-0.39, 0.29) is 6.61 Å². The summed E-state index contributed by atoms with van der Waals surface area (Å²) in [7, 11) is 0. The van der Waals surface area contributed by atoms with Crippen LogP contribution in [0.25, 0.3) is 0 Å². The lowest BCUT2D eigenvalue weighted by Crippen LogP contribution is -2.29. The van der Waals surface area contributed by atoms with Crippen molar-refractivity contribution < 1.29 is 22.3 Å². The number of hydrogen-bond donors (Lipinski definition) is 0. The number of halogens is 5. The van der Waals surface area contributed by atoms with Gasteiger partial charge in [0.1, 0.15) is 34.3 Å². The Hall–Kier alpha value is -2.33. The highest BCUT2D eigenvalue weighted by Crippen LogP contribution is 2.40. The third kappa shape index (κ3) is 3.77. The number of alkyl halides is 3. The van der Waals surface area contributed by atoms with Crippen molar-refractivity contribution in [2.24, 2.45) is 0 Å². The van der Waals surface area contributed by atoms with Gasteiger partial charge in [0, 0.05) is 6.20 Å². The summed E-state index contributed by atoms with van der Waals surface area (Å²) < 4.78 is 57.4. The standard InChI is InChI=1S/C16H11ClF4N2O/c1-15(8-22,10-2-4-11(18)5-3-10)9-24-12-6-7-23-14(17)13(12)16(19,20)21/h2-7H,9H2,1H3. The summed E-state index contributed by atoms with van der Waals surface area (Å²) in [6.45, 7) is 1.11. The van der Waals surface area contributed by atoms with E-state index >= 15 is 0 Å². The van der Waals surface area contributed by atoms with E-state index in [1.54, 1.807) is 0 Å². The van der Waals surface area contributed by atoms with E-state index in [0.29, 0.717) is 5.56 Å². The van der Waals surface area contributed by atoms with Crippen LogP contribution in [0.4, 0.5) is 17.6 Å². The van der Waals surface area contributed by atoms with E-state index in [2.05, 4.69) is 4.98 Å². The van der Waals surface area contributed by atoms with Crippen molar-refractivity contribution in [2.45, 2.75) is 18.5 Å². The van der Waals surface area contributed by atoms with Crippen molar-refractivity contribution >= 4 is 11.6 Å². The summed E-state index contributed by atoms with van der Waals surface area (Å²) >= 11 is 5.51. The lowest BCUT2D eigenvalue weighted by Gasteiger charge is -2.23. The van der Waals surface area contributed by atoms with Gasteiger partial charge in [0.15, 0.2) is 0 Å². The number of aromatic nitrogens is 1. The molecule has 0 radical (unpaired) electrons. The normalized spacial score (nSPS) is 13.9. The number of rotatable bonds is 4. The number of nitriles is 1. The van der Waals surface area contributed by atoms with Gasteiger partial charge in [-0.1, -0.05) is 23.7 Å². The zero-order chi connectivity index (χ0) is 18.0. The van der Waals surface area contributed by atoms with Crippen LogP contribution < -0.4 is 4.74 Å². The summed E-state index contributed by atoms with van der Waals surface area (Å²) in [6.07, 6.45) is -3.67. The predicted octanol–water partition coefficient (Wildman–Crippen LogP) is 4.75. The van der Waals surface area contributed by atoms with Crippen molar-refractivity contribution in [3.8, 4) is 11.8 Å². The second-order valence-electron chi connectivity index (χ2n) is 5.21. The van der Waals surface area contributed by atoms with Gasteiger partial charge >= 0.3 is 6.18 Å². The highest BCUT2D eigenvalue weighted by atomic mass is 35.5. The van der Waals surface area contributed by atoms with Crippen molar-refractivity contribution in [1.29, 1.82) is 5.26 Å². The third-order valence-electron chi connectivity index (χ3n) is 3.39. The molecule has 0 N–H and O–H groups in total. The van der Waals surface area contributed by atoms with Crippen molar-refractivity contribution in [2.75, 3.05) is 6.61 Å². The summed E-state index contributed by atoms with van der Waals surface area (Å²) in [5.41, 5.74) is -2.06. The molecule has 3 nitrogen and oxygen atoms in total. The minimum Gasteiger partial charge on any atom is -0.491 e. The fraction of sp³-hybridized carbons (Fsp3) is 0.250. The van der Waals surface area contributed by atoms with Crippen LogP contribution in [0.2, 0.25) is 5.15 Å². The zero-order valence-electron chi connectivity index (χ0n) is 12.4. The molecule has 0 saturated heterocycles. The van der Waals surface area contributed by atoms with Crippen molar-refractivity contribution in [3.05, 3.63) is 58.6 Å². The van der Waals surface area contributed by atoms with E-state index in [4.69, 9.17) is 16.3 Å². The SMILES string of the molecule is CC(C#N)(COc1ccnc(Cl)c1C(F)(F)F)c1ccc(F)cc1. The Kier molecular flexibility index (Phi) is 4.99. The molecule has 0 aliphatic carbocycles. The maximum atomic E-state index is 13.1. The van der Waals surface area contributed by atoms with Gasteiger partial charge in [-0.05, 0) is 30.7 Å². The Bertz CT molecular complexity index is 771. The van der Waals surface area contributed by atoms with Gasteiger partial charge in [0.25, 0.3) is 0 Å². The second kappa shape index (κ2) is 6.65. The molecule has 0 spiro atoms. The number of nitrogens with zero attached hydrogens (tertiary/aromatic N) is 2. The molecule has 2 aromatic rings. The molecule has 1 unspecified atom stereocenters. The second-order valence-corrected chi connectivity index (χ2v) is 5.57. The number of ether oxygens (including phenoxy) is 1. The minimum atomic E-state index is -4.75. The molecule has 1 aromatic heterocycles. The molecule has 2 rings (SSSR count). The minimum absolute atomic E-state index is 0.376. The molecule has 24 heavy (non-hydrogen) atoms. The molecule has 126 valence electrons. The fourth-order valence-electron chi connectivity index (χ4n) is 2.02. The molecular formula is C16H11ClF4N2O. The first-order chi connectivity index (χ1) is 11.2. The Balaban J connectivity index is 2.31. The number of hydrogen-bond acceptors (Lipinski definition) is 3. The third-order valence-corrected chi connectivity index (χ3v) is 3.68. The molecule has 0 fully saturated rings. The van der Waals surface area contributed by atoms with Crippen LogP contribution in [0.5, 0.6) is 5.75 Å². The lowest BCUT2D eigenvalue weighted by molar-refractivity contribution is -0.139. The average Bonchev–Trinajstić information content (AvgIpc) is 2.52. The zero-order valence-corrected chi connectivity index (χ0v) is 13.1. The smallest absolute Gasteiger partial charge is 0.422 e. The van der Waals surface area contributed by atoms with Crippen molar-refractivity contribution in [3.63, 3.8) is 0 Å². The van der Waals surface area contributed by atoms with Crippen LogP contribution in [0.15, 0.2) is 36.5 Å². The van der Waals surface area contributed by atoms with E-state index in [1.807, 2.05) is 6.07 Å². The predicted molar refractivity (Wildman–Crippen MR) is 79.1 cm³/mol. The Morgan fingerprint density at radius 3 is 2.38 bits per heavy atom. The van der Waals surface area contributed by atoms with Crippen LogP contribution in [-0.4, -0.2) is 11.6 Å². The maximum absolute atomic E-state index is 13.1. The highest BCUT2D eigenvalue weighted by molar-refractivity contribution is 6.30. The summed E-state index contributed by atoms with van der Waals surface area (Å²) in [4.78, 5) is 3.40. The first-order valence-electron chi connectivity index (χ1n) is 6.69. The number of benzene rings is 1. The average molecular weight is 359 g/mol. The van der Waals surface area contributed by atoms with Crippen LogP contribution in [0, 0.1) is 17.1 Å². The van der Waals surface area contributed by atoms with E-state index < -0.39 is 33.9 Å². The molecule has 0 saturated carbocycles. The van der Waals surface area contributed by atoms with Gasteiger partial charge in [-0.3, -0.25) is 0 Å². The fourth-order valence-corrected chi connectivity index (χ4v) is 2.27. The van der Waals surface area contributed by atoms with Gasteiger partial charge in [-0.25, -0.2) is 9.37 Å². The van der Waals surface area contributed by atoms with E-state index in [9.17, 15) is 22.8 Å². The van der Waals surface area contributed by atoms with Gasteiger partial charge in [-0.2, -0.15) is 18.4 Å². The Labute approximate surface area is 140 Å². The van der Waals surface area contributed by atoms with Gasteiger partial charge in [0.2, 0.25) is 0 Å². The molecule has 0 aliphatic rings. The summed E-state index contributed by atoms with van der Waals surface area (Å²) in [6, 6.07) is 8.09. The molecule has 0 bridgehead atoms. The Morgan fingerprint density at radius 2 is 1.83 bits per heavy atom. The quantitative estimate of drug-likeness (QED) is 0.585. The van der Waals surface area contributed by atoms with E-state index in [0.717, 1.165) is 24.4 Å². The molecule has 8 heteroatoms. The first-order valence-corrected chi connectivity index (χ1v) is 7.07. The van der Waals surface area contributed by atoms with Crippen molar-refractivity contribution in [1.82, 2.24) is 4.98 Å². The summed E-state index contributed by atoms with van der Waals surface area (Å²) in [5, 5.41) is 8.65. The molecule has 1 aromatic carbocycles. The lowest BCUT2D eigenvalue weighted by atomic mass is 9.85. The molecular weight excluding hydrogens is 348 g/mol. The van der Waals surface area contributed by atoms with Crippen LogP contribution >= 0.6 is 11.6 Å². The maximum Gasteiger partial charge on any atom is 0.422 e. The summed E-state index contributed by atoms with van der Waals surface area (Å²) in [5.74, 6) is -1.01. The largest absolute Gasteiger partial charge is 0.491 e. The topological polar surface area (TPSA) is 45.9 Å². The molecule has 1 heterocycles. The van der Waals surface area contributed by atoms with Crippen LogP contribution in [-0.2, 0) is 11.6 Å². The monoisotopic (exact) mass is 358 g/mol. The van der Waals surface area contributed by atoms with Gasteiger partial charge in [-0.15, -0.1) is 0 Å². The molecule has 1 atom stereocenters. The number of pyridine rings is 1. The Morgan fingerprint density at radius 1 is 1.21 bits per heavy atom. The van der Waals surface area contributed by atoms with Gasteiger partial charge in [0.05, 0.1) is 6.07 Å². The van der Waals surface area contributed by atoms with Gasteiger partial charge < -0.3 is 4.74 Å². The van der Waals surface area contributed by atoms with E-state index in [1.165, 1.54) is 19.1 Å². The van der Waals surface area contributed by atoms with Crippen LogP contribution in [0.3, 0.4) is 0 Å². The first kappa shape index (κ1) is 18.0. The molecule has 0 amide bonds. The van der Waals surface area contributed by atoms with Crippen LogP contribution in [0.1, 0.15) is 18.1 Å².